The molecule has 1 aliphatic rings. The SMILES string of the molecule is CCOc1ccc(-c2nnc(SCC(=O)N[C@@H](C)C3CC3)o2)cc1. The topological polar surface area (TPSA) is 77.2 Å². The Balaban J connectivity index is 1.52. The van der Waals surface area contributed by atoms with Crippen LogP contribution in [-0.2, 0) is 4.79 Å². The zero-order valence-electron chi connectivity index (χ0n) is 13.8. The molecule has 1 saturated carbocycles. The largest absolute Gasteiger partial charge is 0.494 e. The summed E-state index contributed by atoms with van der Waals surface area (Å²) in [6.07, 6.45) is 2.42. The standard InChI is InChI=1S/C17H21N3O3S/c1-3-22-14-8-6-13(7-9-14)16-19-20-17(23-16)24-10-15(21)18-11(2)12-4-5-12/h6-9,11-12H,3-5,10H2,1-2H3,(H,18,21)/t11-/m0/s1. The lowest BCUT2D eigenvalue weighted by Crippen LogP contribution is -2.35. The maximum Gasteiger partial charge on any atom is 0.277 e. The molecule has 0 unspecified atom stereocenters. The molecule has 0 spiro atoms. The number of nitrogens with one attached hydrogen (secondary N) is 1. The maximum absolute atomic E-state index is 11.9. The van der Waals surface area contributed by atoms with Gasteiger partial charge in [-0.05, 0) is 56.9 Å². The van der Waals surface area contributed by atoms with E-state index in [1.807, 2.05) is 31.2 Å². The first-order valence-corrected chi connectivity index (χ1v) is 9.13. The monoisotopic (exact) mass is 347 g/mol. The van der Waals surface area contributed by atoms with Gasteiger partial charge in [-0.2, -0.15) is 0 Å². The fourth-order valence-corrected chi connectivity index (χ4v) is 2.96. The minimum atomic E-state index is 0.000201. The van der Waals surface area contributed by atoms with Crippen molar-refractivity contribution >= 4 is 17.7 Å². The Bertz CT molecular complexity index is 683. The molecule has 0 bridgehead atoms. The van der Waals surface area contributed by atoms with Gasteiger partial charge in [-0.1, -0.05) is 11.8 Å². The molecular weight excluding hydrogens is 326 g/mol. The van der Waals surface area contributed by atoms with Crippen molar-refractivity contribution in [1.29, 1.82) is 0 Å². The minimum absolute atomic E-state index is 0.000201. The Labute approximate surface area is 145 Å². The Kier molecular flexibility index (Phi) is 5.40. The quantitative estimate of drug-likeness (QED) is 0.739. The van der Waals surface area contributed by atoms with E-state index in [1.165, 1.54) is 24.6 Å². The summed E-state index contributed by atoms with van der Waals surface area (Å²) >= 11 is 1.25. The van der Waals surface area contributed by atoms with Gasteiger partial charge < -0.3 is 14.5 Å². The Morgan fingerprint density at radius 1 is 1.38 bits per heavy atom. The number of hydrogen-bond acceptors (Lipinski definition) is 6. The van der Waals surface area contributed by atoms with Crippen LogP contribution in [0.3, 0.4) is 0 Å². The molecular formula is C17H21N3O3S. The van der Waals surface area contributed by atoms with Gasteiger partial charge in [0.15, 0.2) is 0 Å². The molecule has 0 radical (unpaired) electrons. The van der Waals surface area contributed by atoms with E-state index in [9.17, 15) is 4.79 Å². The summed E-state index contributed by atoms with van der Waals surface area (Å²) < 4.78 is 11.0. The van der Waals surface area contributed by atoms with Crippen LogP contribution < -0.4 is 10.1 Å². The number of hydrogen-bond donors (Lipinski definition) is 1. The molecule has 1 fully saturated rings. The average molecular weight is 347 g/mol. The summed E-state index contributed by atoms with van der Waals surface area (Å²) in [6.45, 7) is 4.62. The van der Waals surface area contributed by atoms with Gasteiger partial charge in [-0.3, -0.25) is 4.79 Å². The number of carbonyl (C=O) groups is 1. The summed E-state index contributed by atoms with van der Waals surface area (Å²) in [4.78, 5) is 11.9. The highest BCUT2D eigenvalue weighted by Crippen LogP contribution is 2.32. The van der Waals surface area contributed by atoms with Crippen LogP contribution in [0.2, 0.25) is 0 Å². The van der Waals surface area contributed by atoms with Crippen LogP contribution in [0.4, 0.5) is 0 Å². The fraction of sp³-hybridized carbons (Fsp3) is 0.471. The predicted octanol–water partition coefficient (Wildman–Crippen LogP) is 3.14. The minimum Gasteiger partial charge on any atom is -0.494 e. The third-order valence-corrected chi connectivity index (χ3v) is 4.68. The molecule has 0 saturated heterocycles. The van der Waals surface area contributed by atoms with E-state index in [-0.39, 0.29) is 17.7 Å². The fourth-order valence-electron chi connectivity index (χ4n) is 2.38. The highest BCUT2D eigenvalue weighted by molar-refractivity contribution is 7.99. The molecule has 128 valence electrons. The van der Waals surface area contributed by atoms with E-state index < -0.39 is 0 Å². The van der Waals surface area contributed by atoms with Crippen LogP contribution in [0.15, 0.2) is 33.9 Å². The van der Waals surface area contributed by atoms with E-state index in [0.29, 0.717) is 23.6 Å². The Morgan fingerprint density at radius 2 is 2.12 bits per heavy atom. The van der Waals surface area contributed by atoms with Crippen molar-refractivity contribution in [2.45, 2.75) is 38.0 Å². The normalized spacial score (nSPS) is 15.1. The first-order valence-electron chi connectivity index (χ1n) is 8.14. The number of benzene rings is 1. The second-order valence-corrected chi connectivity index (χ2v) is 6.74. The lowest BCUT2D eigenvalue weighted by molar-refractivity contribution is -0.119. The van der Waals surface area contributed by atoms with Crippen molar-refractivity contribution < 1.29 is 13.9 Å². The lowest BCUT2D eigenvalue weighted by Gasteiger charge is -2.11. The van der Waals surface area contributed by atoms with Gasteiger partial charge in [0.2, 0.25) is 11.8 Å². The first-order chi connectivity index (χ1) is 11.7. The van der Waals surface area contributed by atoms with Gasteiger partial charge in [0.05, 0.1) is 12.4 Å². The molecule has 0 aliphatic heterocycles. The number of rotatable bonds is 8. The number of carbonyl (C=O) groups excluding carboxylic acids is 1. The molecule has 3 rings (SSSR count). The molecule has 1 aliphatic carbocycles. The summed E-state index contributed by atoms with van der Waals surface area (Å²) in [7, 11) is 0. The lowest BCUT2D eigenvalue weighted by atomic mass is 10.2. The van der Waals surface area contributed by atoms with Gasteiger partial charge >= 0.3 is 0 Å². The van der Waals surface area contributed by atoms with E-state index in [0.717, 1.165) is 11.3 Å². The Morgan fingerprint density at radius 3 is 2.79 bits per heavy atom. The summed E-state index contributed by atoms with van der Waals surface area (Å²) in [5, 5.41) is 11.4. The molecule has 1 atom stereocenters. The summed E-state index contributed by atoms with van der Waals surface area (Å²) in [6, 6.07) is 7.72. The van der Waals surface area contributed by atoms with E-state index in [1.54, 1.807) is 0 Å². The maximum atomic E-state index is 11.9. The molecule has 6 nitrogen and oxygen atoms in total. The van der Waals surface area contributed by atoms with Crippen molar-refractivity contribution in [2.24, 2.45) is 5.92 Å². The zero-order valence-corrected chi connectivity index (χ0v) is 14.6. The number of aromatic nitrogens is 2. The summed E-state index contributed by atoms with van der Waals surface area (Å²) in [5.41, 5.74) is 0.824. The number of amides is 1. The second kappa shape index (κ2) is 7.70. The highest BCUT2D eigenvalue weighted by atomic mass is 32.2. The third-order valence-electron chi connectivity index (χ3n) is 3.86. The van der Waals surface area contributed by atoms with E-state index in [2.05, 4.69) is 22.4 Å². The van der Waals surface area contributed by atoms with Crippen LogP contribution >= 0.6 is 11.8 Å². The smallest absolute Gasteiger partial charge is 0.277 e. The molecule has 24 heavy (non-hydrogen) atoms. The van der Waals surface area contributed by atoms with Crippen molar-refractivity contribution in [2.75, 3.05) is 12.4 Å². The van der Waals surface area contributed by atoms with E-state index >= 15 is 0 Å². The Hall–Kier alpha value is -2.02. The van der Waals surface area contributed by atoms with Gasteiger partial charge in [-0.25, -0.2) is 0 Å². The average Bonchev–Trinajstić information content (AvgIpc) is 3.33. The molecule has 1 N–H and O–H groups in total. The molecule has 1 amide bonds. The first kappa shape index (κ1) is 16.8. The summed E-state index contributed by atoms with van der Waals surface area (Å²) in [5.74, 6) is 2.17. The van der Waals surface area contributed by atoms with Gasteiger partial charge in [0.25, 0.3) is 5.22 Å². The van der Waals surface area contributed by atoms with Crippen LogP contribution in [0, 0.1) is 5.92 Å². The van der Waals surface area contributed by atoms with Crippen molar-refractivity contribution in [3.05, 3.63) is 24.3 Å². The number of nitrogens with zero attached hydrogens (tertiary/aromatic N) is 2. The third kappa shape index (κ3) is 4.50. The van der Waals surface area contributed by atoms with Crippen molar-refractivity contribution in [3.8, 4) is 17.2 Å². The van der Waals surface area contributed by atoms with E-state index in [4.69, 9.17) is 9.15 Å². The zero-order chi connectivity index (χ0) is 16.9. The molecule has 1 aromatic heterocycles. The van der Waals surface area contributed by atoms with Crippen LogP contribution in [0.25, 0.3) is 11.5 Å². The molecule has 2 aromatic rings. The predicted molar refractivity (Wildman–Crippen MR) is 92.0 cm³/mol. The molecule has 7 heteroatoms. The number of ether oxygens (including phenoxy) is 1. The van der Waals surface area contributed by atoms with Crippen molar-refractivity contribution in [3.63, 3.8) is 0 Å². The van der Waals surface area contributed by atoms with Crippen LogP contribution in [-0.4, -0.2) is 34.5 Å². The molecule has 1 heterocycles. The van der Waals surface area contributed by atoms with Crippen LogP contribution in [0.5, 0.6) is 5.75 Å². The molecule has 1 aromatic carbocycles. The number of thioether (sulfide) groups is 1. The van der Waals surface area contributed by atoms with Crippen LogP contribution in [0.1, 0.15) is 26.7 Å². The van der Waals surface area contributed by atoms with Gasteiger partial charge in [-0.15, -0.1) is 10.2 Å². The van der Waals surface area contributed by atoms with Gasteiger partial charge in [0, 0.05) is 11.6 Å². The second-order valence-electron chi connectivity index (χ2n) is 5.81. The van der Waals surface area contributed by atoms with Crippen molar-refractivity contribution in [1.82, 2.24) is 15.5 Å². The van der Waals surface area contributed by atoms with Gasteiger partial charge in [0.1, 0.15) is 5.75 Å². The highest BCUT2D eigenvalue weighted by Gasteiger charge is 2.28.